The Morgan fingerprint density at radius 1 is 1.27 bits per heavy atom. The Hall–Kier alpha value is -2.55. The van der Waals surface area contributed by atoms with Crippen molar-refractivity contribution in [1.29, 1.82) is 0 Å². The lowest BCUT2D eigenvalue weighted by Crippen LogP contribution is -2.51. The van der Waals surface area contributed by atoms with Gasteiger partial charge in [-0.3, -0.25) is 14.5 Å². The molecule has 1 aliphatic heterocycles. The number of carbonyl (C=O) groups is 2. The van der Waals surface area contributed by atoms with Crippen LogP contribution in [0.1, 0.15) is 18.1 Å². The number of carbonyl (C=O) groups excluding carboxylic acids is 2. The molecule has 0 spiro atoms. The van der Waals surface area contributed by atoms with Crippen molar-refractivity contribution in [2.75, 3.05) is 6.61 Å². The third-order valence-electron chi connectivity index (χ3n) is 4.63. The summed E-state index contributed by atoms with van der Waals surface area (Å²) in [6.45, 7) is 1.35. The quantitative estimate of drug-likeness (QED) is 0.507. The van der Waals surface area contributed by atoms with Crippen molar-refractivity contribution >= 4 is 46.2 Å². The second-order valence-electron chi connectivity index (χ2n) is 6.86. The van der Waals surface area contributed by atoms with Crippen LogP contribution in [-0.4, -0.2) is 44.8 Å². The molecule has 1 aliphatic rings. The van der Waals surface area contributed by atoms with Gasteiger partial charge in [-0.1, -0.05) is 66.4 Å². The first-order valence-corrected chi connectivity index (χ1v) is 10.6. The zero-order chi connectivity index (χ0) is 21.7. The zero-order valence-electron chi connectivity index (χ0n) is 16.2. The van der Waals surface area contributed by atoms with E-state index < -0.39 is 29.7 Å². The van der Waals surface area contributed by atoms with Crippen molar-refractivity contribution in [2.45, 2.75) is 25.4 Å². The summed E-state index contributed by atoms with van der Waals surface area (Å²) in [7, 11) is 0. The van der Waals surface area contributed by atoms with Gasteiger partial charge in [-0.15, -0.1) is 0 Å². The number of thioether (sulfide) groups is 1. The van der Waals surface area contributed by atoms with Crippen LogP contribution in [0.25, 0.3) is 6.08 Å². The summed E-state index contributed by atoms with van der Waals surface area (Å²) >= 11 is 6.38. The summed E-state index contributed by atoms with van der Waals surface area (Å²) < 4.78 is 13.7. The molecule has 30 heavy (non-hydrogen) atoms. The number of aliphatic hydroxyl groups excluding tert-OH is 1. The van der Waals surface area contributed by atoms with Crippen LogP contribution in [0.3, 0.4) is 0 Å². The third-order valence-corrected chi connectivity index (χ3v) is 5.96. The predicted molar refractivity (Wildman–Crippen MR) is 120 cm³/mol. The average molecular weight is 445 g/mol. The van der Waals surface area contributed by atoms with Crippen molar-refractivity contribution in [3.8, 4) is 0 Å². The largest absolute Gasteiger partial charge is 0.394 e. The van der Waals surface area contributed by atoms with Gasteiger partial charge in [0.25, 0.3) is 5.91 Å². The zero-order valence-corrected chi connectivity index (χ0v) is 17.9. The minimum absolute atomic E-state index is 0.231. The molecule has 0 aliphatic carbocycles. The van der Waals surface area contributed by atoms with Gasteiger partial charge in [0, 0.05) is 0 Å². The van der Waals surface area contributed by atoms with E-state index in [1.54, 1.807) is 25.1 Å². The van der Waals surface area contributed by atoms with Crippen LogP contribution in [0.15, 0.2) is 59.5 Å². The number of benzene rings is 2. The summed E-state index contributed by atoms with van der Waals surface area (Å²) in [5.41, 5.74) is 1.52. The second kappa shape index (κ2) is 9.97. The Morgan fingerprint density at radius 3 is 2.67 bits per heavy atom. The number of halogens is 1. The predicted octanol–water partition coefficient (Wildman–Crippen LogP) is 3.14. The molecular formula is C22H21FN2O3S2. The van der Waals surface area contributed by atoms with Gasteiger partial charge in [-0.25, -0.2) is 4.39 Å². The molecule has 0 saturated carbocycles. The highest BCUT2D eigenvalue weighted by Gasteiger charge is 2.38. The summed E-state index contributed by atoms with van der Waals surface area (Å²) in [5, 5.41) is 12.4. The van der Waals surface area contributed by atoms with Crippen LogP contribution >= 0.6 is 24.0 Å². The smallest absolute Gasteiger partial charge is 0.266 e. The first-order valence-electron chi connectivity index (χ1n) is 9.37. The van der Waals surface area contributed by atoms with Crippen molar-refractivity contribution in [2.24, 2.45) is 0 Å². The highest BCUT2D eigenvalue weighted by Crippen LogP contribution is 2.34. The maximum atomic E-state index is 13.4. The lowest BCUT2D eigenvalue weighted by molar-refractivity contribution is -0.132. The molecule has 2 atom stereocenters. The Balaban J connectivity index is 1.69. The molecule has 0 radical (unpaired) electrons. The molecule has 8 heteroatoms. The number of aliphatic hydroxyl groups is 1. The van der Waals surface area contributed by atoms with Crippen LogP contribution in [0.4, 0.5) is 4.39 Å². The van der Waals surface area contributed by atoms with Crippen LogP contribution in [0.2, 0.25) is 0 Å². The molecule has 0 unspecified atom stereocenters. The molecule has 2 aromatic rings. The van der Waals surface area contributed by atoms with Crippen LogP contribution < -0.4 is 5.32 Å². The summed E-state index contributed by atoms with van der Waals surface area (Å²) in [6.07, 6.45) is 2.02. The molecule has 1 saturated heterocycles. The SMILES string of the molecule is C[C@@H](C(=O)N[C@H](CO)Cc1ccccc1)N1C(=O)/C(=C/c2cccc(F)c2)SC1=S. The summed E-state index contributed by atoms with van der Waals surface area (Å²) in [4.78, 5) is 27.1. The minimum atomic E-state index is -0.847. The highest BCUT2D eigenvalue weighted by molar-refractivity contribution is 8.26. The van der Waals surface area contributed by atoms with Crippen molar-refractivity contribution < 1.29 is 19.1 Å². The molecule has 3 rings (SSSR count). The molecule has 2 N–H and O–H groups in total. The number of hydrogen-bond acceptors (Lipinski definition) is 5. The molecule has 1 fully saturated rings. The van der Waals surface area contributed by atoms with E-state index in [1.807, 2.05) is 30.3 Å². The second-order valence-corrected chi connectivity index (χ2v) is 8.54. The Bertz CT molecular complexity index is 981. The molecule has 0 bridgehead atoms. The Morgan fingerprint density at radius 2 is 2.00 bits per heavy atom. The molecular weight excluding hydrogens is 423 g/mol. The summed E-state index contributed by atoms with van der Waals surface area (Å²) in [5.74, 6) is -1.21. The monoisotopic (exact) mass is 444 g/mol. The normalized spacial score (nSPS) is 17.3. The van der Waals surface area contributed by atoms with E-state index >= 15 is 0 Å². The van der Waals surface area contributed by atoms with Crippen molar-refractivity contribution in [3.05, 3.63) is 76.4 Å². The molecule has 1 heterocycles. The number of rotatable bonds is 7. The van der Waals surface area contributed by atoms with Crippen molar-refractivity contribution in [3.63, 3.8) is 0 Å². The first kappa shape index (κ1) is 22.1. The molecule has 156 valence electrons. The van der Waals surface area contributed by atoms with E-state index in [0.717, 1.165) is 17.3 Å². The fourth-order valence-electron chi connectivity index (χ4n) is 3.06. The molecule has 2 amide bonds. The van der Waals surface area contributed by atoms with E-state index in [1.165, 1.54) is 17.0 Å². The minimum Gasteiger partial charge on any atom is -0.394 e. The topological polar surface area (TPSA) is 69.6 Å². The molecule has 5 nitrogen and oxygen atoms in total. The van der Waals surface area contributed by atoms with Gasteiger partial charge in [0.2, 0.25) is 5.91 Å². The van der Waals surface area contributed by atoms with Crippen LogP contribution in [-0.2, 0) is 16.0 Å². The Kier molecular flexibility index (Phi) is 7.36. The van der Waals surface area contributed by atoms with Gasteiger partial charge in [0.1, 0.15) is 16.2 Å². The van der Waals surface area contributed by atoms with E-state index in [0.29, 0.717) is 16.9 Å². The highest BCUT2D eigenvalue weighted by atomic mass is 32.2. The van der Waals surface area contributed by atoms with E-state index in [2.05, 4.69) is 5.32 Å². The summed E-state index contributed by atoms with van der Waals surface area (Å²) in [6, 6.07) is 14.0. The van der Waals surface area contributed by atoms with E-state index in [9.17, 15) is 19.1 Å². The van der Waals surface area contributed by atoms with E-state index in [-0.39, 0.29) is 10.9 Å². The maximum absolute atomic E-state index is 13.4. The Labute approximate surface area is 184 Å². The van der Waals surface area contributed by atoms with Gasteiger partial charge in [-0.2, -0.15) is 0 Å². The fraction of sp³-hybridized carbons (Fsp3) is 0.227. The first-order chi connectivity index (χ1) is 14.4. The van der Waals surface area contributed by atoms with Crippen LogP contribution in [0.5, 0.6) is 0 Å². The molecule has 2 aromatic carbocycles. The van der Waals surface area contributed by atoms with E-state index in [4.69, 9.17) is 12.2 Å². The van der Waals surface area contributed by atoms with Gasteiger partial charge in [-0.05, 0) is 42.7 Å². The lowest BCUT2D eigenvalue weighted by atomic mass is 10.1. The van der Waals surface area contributed by atoms with Gasteiger partial charge >= 0.3 is 0 Å². The standard InChI is InChI=1S/C22H21FN2O3S2/c1-14(20(27)24-18(13-26)11-15-6-3-2-4-7-15)25-21(28)19(30-22(25)29)12-16-8-5-9-17(23)10-16/h2-10,12,14,18,26H,11,13H2,1H3,(H,24,27)/b19-12-/t14-,18-/m0/s1. The number of thiocarbonyl (C=S) groups is 1. The van der Waals surface area contributed by atoms with Crippen LogP contribution in [0, 0.1) is 5.82 Å². The van der Waals surface area contributed by atoms with Gasteiger partial charge in [0.15, 0.2) is 0 Å². The fourth-order valence-corrected chi connectivity index (χ4v) is 4.48. The van der Waals surface area contributed by atoms with Gasteiger partial charge < -0.3 is 10.4 Å². The number of nitrogens with one attached hydrogen (secondary N) is 1. The van der Waals surface area contributed by atoms with Crippen molar-refractivity contribution in [1.82, 2.24) is 10.2 Å². The average Bonchev–Trinajstić information content (AvgIpc) is 3.00. The van der Waals surface area contributed by atoms with Gasteiger partial charge in [0.05, 0.1) is 17.6 Å². The lowest BCUT2D eigenvalue weighted by Gasteiger charge is -2.25. The number of nitrogens with zero attached hydrogens (tertiary/aromatic N) is 1. The number of amides is 2. The maximum Gasteiger partial charge on any atom is 0.266 e. The molecule has 0 aromatic heterocycles. The number of hydrogen-bond donors (Lipinski definition) is 2. The third kappa shape index (κ3) is 5.33.